The first-order chi connectivity index (χ1) is 11.2. The molecule has 10 heteroatoms. The molecule has 24 heavy (non-hydrogen) atoms. The molecule has 1 aromatic heterocycles. The quantitative estimate of drug-likeness (QED) is 0.811. The SMILES string of the molecule is CC(CC(=O)O)OC[C@@H]1CCCN1c1cn[nH]c(=O)c1C(F)(F)F. The highest BCUT2D eigenvalue weighted by Gasteiger charge is 2.40. The van der Waals surface area contributed by atoms with Crippen molar-refractivity contribution in [1.29, 1.82) is 0 Å². The third kappa shape index (κ3) is 4.25. The molecular formula is C14H18F3N3O4. The number of aliphatic carboxylic acids is 1. The van der Waals surface area contributed by atoms with Crippen molar-refractivity contribution in [3.05, 3.63) is 22.1 Å². The fraction of sp³-hybridized carbons (Fsp3) is 0.643. The van der Waals surface area contributed by atoms with Crippen LogP contribution in [0.2, 0.25) is 0 Å². The average molecular weight is 349 g/mol. The van der Waals surface area contributed by atoms with Crippen LogP contribution in [0, 0.1) is 0 Å². The molecule has 1 aromatic rings. The Balaban J connectivity index is 2.18. The minimum atomic E-state index is -4.80. The maximum atomic E-state index is 13.2. The van der Waals surface area contributed by atoms with Crippen LogP contribution in [-0.2, 0) is 15.7 Å². The minimum absolute atomic E-state index is 0.0819. The van der Waals surface area contributed by atoms with Gasteiger partial charge in [0.2, 0.25) is 0 Å². The van der Waals surface area contributed by atoms with Gasteiger partial charge in [-0.25, -0.2) is 5.10 Å². The first-order valence-electron chi connectivity index (χ1n) is 7.45. The second-order valence-electron chi connectivity index (χ2n) is 5.69. The van der Waals surface area contributed by atoms with Crippen molar-refractivity contribution >= 4 is 11.7 Å². The van der Waals surface area contributed by atoms with Crippen molar-refractivity contribution in [2.24, 2.45) is 0 Å². The standard InChI is InChI=1S/C14H18F3N3O4/c1-8(5-11(21)22)24-7-9-3-2-4-20(9)10-6-18-19-13(23)12(10)14(15,16)17/h6,8-9H,2-5,7H2,1H3,(H,19,23)(H,21,22)/t8?,9-/m0/s1. The van der Waals surface area contributed by atoms with E-state index in [-0.39, 0.29) is 24.8 Å². The molecule has 1 aliphatic heterocycles. The Morgan fingerprint density at radius 3 is 2.92 bits per heavy atom. The van der Waals surface area contributed by atoms with Crippen LogP contribution >= 0.6 is 0 Å². The van der Waals surface area contributed by atoms with E-state index >= 15 is 0 Å². The molecule has 1 fully saturated rings. The minimum Gasteiger partial charge on any atom is -0.481 e. The zero-order valence-electron chi connectivity index (χ0n) is 13.0. The Morgan fingerprint density at radius 2 is 2.29 bits per heavy atom. The number of halogens is 3. The van der Waals surface area contributed by atoms with Crippen molar-refractivity contribution in [2.45, 2.75) is 44.5 Å². The molecule has 0 bridgehead atoms. The van der Waals surface area contributed by atoms with Gasteiger partial charge in [-0.3, -0.25) is 9.59 Å². The van der Waals surface area contributed by atoms with E-state index in [0.29, 0.717) is 19.4 Å². The largest absolute Gasteiger partial charge is 0.481 e. The number of alkyl halides is 3. The Hall–Kier alpha value is -2.10. The molecule has 0 aromatic carbocycles. The number of rotatable bonds is 6. The molecule has 2 rings (SSSR count). The first-order valence-corrected chi connectivity index (χ1v) is 7.45. The summed E-state index contributed by atoms with van der Waals surface area (Å²) in [5, 5.41) is 14.0. The van der Waals surface area contributed by atoms with Crippen LogP contribution in [-0.4, -0.2) is 46.6 Å². The van der Waals surface area contributed by atoms with Crippen molar-refractivity contribution in [3.8, 4) is 0 Å². The van der Waals surface area contributed by atoms with Gasteiger partial charge in [-0.2, -0.15) is 18.3 Å². The van der Waals surface area contributed by atoms with Crippen LogP contribution in [0.15, 0.2) is 11.0 Å². The topological polar surface area (TPSA) is 95.5 Å². The van der Waals surface area contributed by atoms with Gasteiger partial charge in [-0.15, -0.1) is 0 Å². The normalized spacial score (nSPS) is 19.5. The summed E-state index contributed by atoms with van der Waals surface area (Å²) >= 11 is 0. The zero-order valence-corrected chi connectivity index (χ0v) is 13.0. The average Bonchev–Trinajstić information content (AvgIpc) is 2.91. The molecule has 7 nitrogen and oxygen atoms in total. The maximum absolute atomic E-state index is 13.2. The summed E-state index contributed by atoms with van der Waals surface area (Å²) in [4.78, 5) is 23.7. The van der Waals surface area contributed by atoms with Crippen LogP contribution in [0.5, 0.6) is 0 Å². The highest BCUT2D eigenvalue weighted by atomic mass is 19.4. The number of carboxylic acid groups (broad SMARTS) is 1. The number of nitrogens with zero attached hydrogens (tertiary/aromatic N) is 2. The number of hydrogen-bond acceptors (Lipinski definition) is 5. The van der Waals surface area contributed by atoms with Crippen LogP contribution in [0.25, 0.3) is 0 Å². The van der Waals surface area contributed by atoms with Gasteiger partial charge in [0.05, 0.1) is 37.1 Å². The molecule has 0 saturated carbocycles. The number of aromatic amines is 1. The number of H-pyrrole nitrogens is 1. The molecule has 1 saturated heterocycles. The summed E-state index contributed by atoms with van der Waals surface area (Å²) < 4.78 is 45.0. The van der Waals surface area contributed by atoms with Crippen molar-refractivity contribution in [1.82, 2.24) is 10.2 Å². The van der Waals surface area contributed by atoms with E-state index in [1.807, 2.05) is 5.10 Å². The van der Waals surface area contributed by atoms with Crippen molar-refractivity contribution < 1.29 is 27.8 Å². The summed E-state index contributed by atoms with van der Waals surface area (Å²) in [6, 6.07) is -0.369. The van der Waals surface area contributed by atoms with Gasteiger partial charge in [-0.05, 0) is 19.8 Å². The van der Waals surface area contributed by atoms with E-state index in [2.05, 4.69) is 5.10 Å². The number of nitrogens with one attached hydrogen (secondary N) is 1. The van der Waals surface area contributed by atoms with Gasteiger partial charge in [0.15, 0.2) is 0 Å². The van der Waals surface area contributed by atoms with Crippen LogP contribution in [0.4, 0.5) is 18.9 Å². The Kier molecular flexibility index (Phi) is 5.47. The van der Waals surface area contributed by atoms with E-state index in [1.165, 1.54) is 4.90 Å². The van der Waals surface area contributed by atoms with Crippen molar-refractivity contribution in [2.75, 3.05) is 18.1 Å². The Bertz CT molecular complexity index is 647. The molecule has 0 radical (unpaired) electrons. The predicted octanol–water partition coefficient (Wildman–Crippen LogP) is 1.64. The third-order valence-corrected chi connectivity index (χ3v) is 3.84. The monoisotopic (exact) mass is 349 g/mol. The van der Waals surface area contributed by atoms with E-state index in [4.69, 9.17) is 9.84 Å². The van der Waals surface area contributed by atoms with Gasteiger partial charge in [0, 0.05) is 6.54 Å². The lowest BCUT2D eigenvalue weighted by Gasteiger charge is -2.29. The highest BCUT2D eigenvalue weighted by Crippen LogP contribution is 2.36. The van der Waals surface area contributed by atoms with Crippen LogP contribution in [0.1, 0.15) is 31.7 Å². The van der Waals surface area contributed by atoms with E-state index in [1.54, 1.807) is 6.92 Å². The highest BCUT2D eigenvalue weighted by molar-refractivity contribution is 5.67. The summed E-state index contributed by atoms with van der Waals surface area (Å²) in [5.41, 5.74) is -2.84. The summed E-state index contributed by atoms with van der Waals surface area (Å²) in [5.74, 6) is -1.01. The van der Waals surface area contributed by atoms with Crippen LogP contribution < -0.4 is 10.5 Å². The fourth-order valence-electron chi connectivity index (χ4n) is 2.79. The smallest absolute Gasteiger partial charge is 0.423 e. The molecule has 2 atom stereocenters. The zero-order chi connectivity index (χ0) is 17.9. The van der Waals surface area contributed by atoms with E-state index in [0.717, 1.165) is 6.20 Å². The molecular weight excluding hydrogens is 331 g/mol. The molecule has 2 N–H and O–H groups in total. The molecule has 0 aliphatic carbocycles. The third-order valence-electron chi connectivity index (χ3n) is 3.84. The Labute approximate surface area is 135 Å². The maximum Gasteiger partial charge on any atom is 0.423 e. The van der Waals surface area contributed by atoms with Gasteiger partial charge >= 0.3 is 12.1 Å². The number of ether oxygens (including phenoxy) is 1. The van der Waals surface area contributed by atoms with E-state index < -0.39 is 29.4 Å². The number of anilines is 1. The lowest BCUT2D eigenvalue weighted by atomic mass is 10.2. The number of carbonyl (C=O) groups is 1. The lowest BCUT2D eigenvalue weighted by Crippen LogP contribution is -2.38. The molecule has 0 spiro atoms. The van der Waals surface area contributed by atoms with E-state index in [9.17, 15) is 22.8 Å². The van der Waals surface area contributed by atoms with Gasteiger partial charge < -0.3 is 14.7 Å². The van der Waals surface area contributed by atoms with Gasteiger partial charge in [-0.1, -0.05) is 0 Å². The van der Waals surface area contributed by atoms with Gasteiger partial charge in [0.1, 0.15) is 5.56 Å². The molecule has 2 heterocycles. The van der Waals surface area contributed by atoms with Gasteiger partial charge in [0.25, 0.3) is 5.56 Å². The molecule has 0 amide bonds. The van der Waals surface area contributed by atoms with Crippen LogP contribution in [0.3, 0.4) is 0 Å². The Morgan fingerprint density at radius 1 is 1.58 bits per heavy atom. The number of aromatic nitrogens is 2. The van der Waals surface area contributed by atoms with Crippen molar-refractivity contribution in [3.63, 3.8) is 0 Å². The molecule has 1 unspecified atom stereocenters. The molecule has 134 valence electrons. The number of carboxylic acids is 1. The number of hydrogen-bond donors (Lipinski definition) is 2. The summed E-state index contributed by atoms with van der Waals surface area (Å²) in [6.45, 7) is 2.01. The summed E-state index contributed by atoms with van der Waals surface area (Å²) in [6.07, 6.45) is -3.31. The second kappa shape index (κ2) is 7.20. The fourth-order valence-corrected chi connectivity index (χ4v) is 2.79. The summed E-state index contributed by atoms with van der Waals surface area (Å²) in [7, 11) is 0. The predicted molar refractivity (Wildman–Crippen MR) is 77.9 cm³/mol. The molecule has 1 aliphatic rings. The second-order valence-corrected chi connectivity index (χ2v) is 5.69. The lowest BCUT2D eigenvalue weighted by molar-refractivity contribution is -0.140. The first kappa shape index (κ1) is 18.2.